The fraction of sp³-hybridized carbons (Fsp3) is 0.429. The first-order chi connectivity index (χ1) is 8.87. The number of halogens is 1. The third-order valence-corrected chi connectivity index (χ3v) is 3.17. The molecule has 2 N–H and O–H groups in total. The summed E-state index contributed by atoms with van der Waals surface area (Å²) in [5.74, 6) is -1.32. The quantitative estimate of drug-likeness (QED) is 0.843. The molecule has 0 spiro atoms. The molecule has 1 aromatic rings. The Morgan fingerprint density at radius 1 is 1.32 bits per heavy atom. The van der Waals surface area contributed by atoms with Crippen molar-refractivity contribution >= 4 is 23.5 Å². The van der Waals surface area contributed by atoms with E-state index in [1.807, 2.05) is 6.92 Å². The SMILES string of the molecule is CCCC(C)(NC(=O)Cc1ccc(Cl)cc1)C(=O)O. The van der Waals surface area contributed by atoms with Crippen LogP contribution < -0.4 is 5.32 Å². The van der Waals surface area contributed by atoms with Gasteiger partial charge in [0.05, 0.1) is 6.42 Å². The molecule has 0 radical (unpaired) electrons. The molecule has 0 bridgehead atoms. The summed E-state index contributed by atoms with van der Waals surface area (Å²) in [7, 11) is 0. The molecule has 4 nitrogen and oxygen atoms in total. The molecule has 0 aliphatic heterocycles. The molecule has 0 fully saturated rings. The number of carboxylic acid groups (broad SMARTS) is 1. The minimum atomic E-state index is -1.21. The average molecular weight is 284 g/mol. The van der Waals surface area contributed by atoms with E-state index in [-0.39, 0.29) is 12.3 Å². The maximum atomic E-state index is 11.9. The molecule has 1 atom stereocenters. The van der Waals surface area contributed by atoms with E-state index in [4.69, 9.17) is 11.6 Å². The minimum Gasteiger partial charge on any atom is -0.480 e. The van der Waals surface area contributed by atoms with Crippen molar-refractivity contribution in [1.82, 2.24) is 5.32 Å². The lowest BCUT2D eigenvalue weighted by molar-refractivity contribution is -0.147. The lowest BCUT2D eigenvalue weighted by Gasteiger charge is -2.25. The van der Waals surface area contributed by atoms with Gasteiger partial charge in [0.25, 0.3) is 0 Å². The van der Waals surface area contributed by atoms with E-state index >= 15 is 0 Å². The molecule has 5 heteroatoms. The minimum absolute atomic E-state index is 0.143. The molecule has 1 unspecified atom stereocenters. The van der Waals surface area contributed by atoms with Crippen LogP contribution in [0.2, 0.25) is 5.02 Å². The monoisotopic (exact) mass is 283 g/mol. The van der Waals surface area contributed by atoms with Crippen LogP contribution in [0, 0.1) is 0 Å². The van der Waals surface area contributed by atoms with Crippen molar-refractivity contribution in [3.63, 3.8) is 0 Å². The highest BCUT2D eigenvalue weighted by Gasteiger charge is 2.33. The summed E-state index contributed by atoms with van der Waals surface area (Å²) < 4.78 is 0. The van der Waals surface area contributed by atoms with Crippen LogP contribution in [-0.4, -0.2) is 22.5 Å². The third-order valence-electron chi connectivity index (χ3n) is 2.92. The van der Waals surface area contributed by atoms with Crippen LogP contribution >= 0.6 is 11.6 Å². The molecule has 1 rings (SSSR count). The van der Waals surface area contributed by atoms with E-state index in [1.54, 1.807) is 24.3 Å². The molecular formula is C14H18ClNO3. The predicted molar refractivity (Wildman–Crippen MR) is 74.2 cm³/mol. The van der Waals surface area contributed by atoms with Gasteiger partial charge in [-0.25, -0.2) is 4.79 Å². The fourth-order valence-electron chi connectivity index (χ4n) is 1.86. The number of rotatable bonds is 6. The van der Waals surface area contributed by atoms with Crippen molar-refractivity contribution in [2.24, 2.45) is 0 Å². The molecule has 19 heavy (non-hydrogen) atoms. The maximum Gasteiger partial charge on any atom is 0.329 e. The van der Waals surface area contributed by atoms with E-state index in [9.17, 15) is 14.7 Å². The lowest BCUT2D eigenvalue weighted by atomic mass is 9.96. The number of amides is 1. The standard InChI is InChI=1S/C14H18ClNO3/c1-3-8-14(2,13(18)19)16-12(17)9-10-4-6-11(15)7-5-10/h4-7H,3,8-9H2,1-2H3,(H,16,17)(H,18,19). The van der Waals surface area contributed by atoms with Gasteiger partial charge in [0, 0.05) is 5.02 Å². The number of aliphatic carboxylic acids is 1. The summed E-state index contributed by atoms with van der Waals surface area (Å²) >= 11 is 5.76. The summed E-state index contributed by atoms with van der Waals surface area (Å²) in [5, 5.41) is 12.4. The fourth-order valence-corrected chi connectivity index (χ4v) is 1.99. The number of benzene rings is 1. The first kappa shape index (κ1) is 15.5. The summed E-state index contributed by atoms with van der Waals surface area (Å²) in [6.07, 6.45) is 1.22. The Morgan fingerprint density at radius 3 is 2.37 bits per heavy atom. The second-order valence-electron chi connectivity index (χ2n) is 4.74. The third kappa shape index (κ3) is 4.56. The zero-order chi connectivity index (χ0) is 14.5. The van der Waals surface area contributed by atoms with Crippen LogP contribution in [-0.2, 0) is 16.0 Å². The molecule has 0 heterocycles. The highest BCUT2D eigenvalue weighted by molar-refractivity contribution is 6.30. The Bertz CT molecular complexity index is 458. The molecule has 1 amide bonds. The van der Waals surface area contributed by atoms with Gasteiger partial charge in [-0.3, -0.25) is 4.79 Å². The van der Waals surface area contributed by atoms with Crippen LogP contribution in [0.1, 0.15) is 32.3 Å². The van der Waals surface area contributed by atoms with E-state index < -0.39 is 11.5 Å². The Kier molecular flexibility index (Phi) is 5.36. The molecule has 0 aliphatic rings. The van der Waals surface area contributed by atoms with Gasteiger partial charge in [0.2, 0.25) is 5.91 Å². The van der Waals surface area contributed by atoms with Crippen molar-refractivity contribution in [2.45, 2.75) is 38.6 Å². The van der Waals surface area contributed by atoms with Gasteiger partial charge in [0.15, 0.2) is 0 Å². The number of nitrogens with one attached hydrogen (secondary N) is 1. The second kappa shape index (κ2) is 6.57. The van der Waals surface area contributed by atoms with Gasteiger partial charge in [-0.2, -0.15) is 0 Å². The Hall–Kier alpha value is -1.55. The van der Waals surface area contributed by atoms with Crippen LogP contribution in [0.15, 0.2) is 24.3 Å². The van der Waals surface area contributed by atoms with Crippen LogP contribution in [0.4, 0.5) is 0 Å². The molecule has 0 aliphatic carbocycles. The average Bonchev–Trinajstić information content (AvgIpc) is 2.32. The van der Waals surface area contributed by atoms with Crippen molar-refractivity contribution in [1.29, 1.82) is 0 Å². The summed E-state index contributed by atoms with van der Waals surface area (Å²) in [5.41, 5.74) is -0.413. The Labute approximate surface area is 117 Å². The number of carboxylic acids is 1. The highest BCUT2D eigenvalue weighted by atomic mass is 35.5. The predicted octanol–water partition coefficient (Wildman–Crippen LogP) is 2.64. The molecule has 1 aromatic carbocycles. The van der Waals surface area contributed by atoms with E-state index in [0.29, 0.717) is 17.9 Å². The van der Waals surface area contributed by atoms with Crippen molar-refractivity contribution in [3.05, 3.63) is 34.9 Å². The van der Waals surface area contributed by atoms with Crippen molar-refractivity contribution in [2.75, 3.05) is 0 Å². The van der Waals surface area contributed by atoms with Gasteiger partial charge in [-0.05, 0) is 31.0 Å². The largest absolute Gasteiger partial charge is 0.480 e. The lowest BCUT2D eigenvalue weighted by Crippen LogP contribution is -2.52. The number of hydrogen-bond donors (Lipinski definition) is 2. The summed E-state index contributed by atoms with van der Waals surface area (Å²) in [6, 6.07) is 6.90. The first-order valence-corrected chi connectivity index (χ1v) is 6.54. The van der Waals surface area contributed by atoms with Crippen molar-refractivity contribution < 1.29 is 14.7 Å². The van der Waals surface area contributed by atoms with E-state index in [2.05, 4.69) is 5.32 Å². The zero-order valence-corrected chi connectivity index (χ0v) is 11.8. The molecule has 0 saturated heterocycles. The molecule has 104 valence electrons. The number of carbonyl (C=O) groups is 2. The summed E-state index contributed by atoms with van der Waals surface area (Å²) in [4.78, 5) is 23.1. The van der Waals surface area contributed by atoms with Gasteiger partial charge >= 0.3 is 5.97 Å². The first-order valence-electron chi connectivity index (χ1n) is 6.16. The van der Waals surface area contributed by atoms with Gasteiger partial charge in [-0.15, -0.1) is 0 Å². The second-order valence-corrected chi connectivity index (χ2v) is 5.18. The van der Waals surface area contributed by atoms with Crippen LogP contribution in [0.5, 0.6) is 0 Å². The van der Waals surface area contributed by atoms with Crippen molar-refractivity contribution in [3.8, 4) is 0 Å². The van der Waals surface area contributed by atoms with Crippen LogP contribution in [0.3, 0.4) is 0 Å². The Balaban J connectivity index is 2.68. The normalized spacial score (nSPS) is 13.6. The maximum absolute atomic E-state index is 11.9. The van der Waals surface area contributed by atoms with Crippen LogP contribution in [0.25, 0.3) is 0 Å². The molecular weight excluding hydrogens is 266 g/mol. The zero-order valence-electron chi connectivity index (χ0n) is 11.1. The number of hydrogen-bond acceptors (Lipinski definition) is 2. The smallest absolute Gasteiger partial charge is 0.329 e. The van der Waals surface area contributed by atoms with Gasteiger partial charge in [-0.1, -0.05) is 37.1 Å². The Morgan fingerprint density at radius 2 is 1.89 bits per heavy atom. The molecule has 0 aromatic heterocycles. The van der Waals surface area contributed by atoms with Gasteiger partial charge in [0.1, 0.15) is 5.54 Å². The van der Waals surface area contributed by atoms with E-state index in [1.165, 1.54) is 6.92 Å². The van der Waals surface area contributed by atoms with Gasteiger partial charge < -0.3 is 10.4 Å². The summed E-state index contributed by atoms with van der Waals surface area (Å²) in [6.45, 7) is 3.41. The molecule has 0 saturated carbocycles. The van der Waals surface area contributed by atoms with E-state index in [0.717, 1.165) is 5.56 Å². The topological polar surface area (TPSA) is 66.4 Å². The highest BCUT2D eigenvalue weighted by Crippen LogP contribution is 2.14. The number of carbonyl (C=O) groups excluding carboxylic acids is 1.